The van der Waals surface area contributed by atoms with Crippen molar-refractivity contribution in [2.24, 2.45) is 0 Å². The average molecular weight is 343 g/mol. The van der Waals surface area contributed by atoms with E-state index >= 15 is 0 Å². The molecule has 24 heavy (non-hydrogen) atoms. The van der Waals surface area contributed by atoms with Crippen LogP contribution in [0.5, 0.6) is 0 Å². The molecule has 0 radical (unpaired) electrons. The van der Waals surface area contributed by atoms with Gasteiger partial charge in [-0.1, -0.05) is 30.3 Å². The zero-order valence-corrected chi connectivity index (χ0v) is 14.2. The van der Waals surface area contributed by atoms with Crippen LogP contribution in [0, 0.1) is 0 Å². The van der Waals surface area contributed by atoms with E-state index in [1.54, 1.807) is 11.3 Å². The van der Waals surface area contributed by atoms with Crippen LogP contribution in [0.3, 0.4) is 0 Å². The van der Waals surface area contributed by atoms with Crippen molar-refractivity contribution in [3.8, 4) is 0 Å². The summed E-state index contributed by atoms with van der Waals surface area (Å²) in [5, 5.41) is 9.31. The van der Waals surface area contributed by atoms with Crippen LogP contribution in [0.1, 0.15) is 30.0 Å². The number of carbonyl (C=O) groups is 2. The van der Waals surface area contributed by atoms with Gasteiger partial charge in [-0.05, 0) is 47.3 Å². The minimum absolute atomic E-state index is 0.249. The van der Waals surface area contributed by atoms with Crippen LogP contribution in [0.4, 0.5) is 4.79 Å². The number of nitrogens with one attached hydrogen (secondary N) is 2. The maximum atomic E-state index is 12.1. The van der Waals surface area contributed by atoms with Crippen molar-refractivity contribution in [1.82, 2.24) is 15.5 Å². The second-order valence-corrected chi connectivity index (χ2v) is 6.68. The summed E-state index contributed by atoms with van der Waals surface area (Å²) in [5.74, 6) is -0.261. The predicted molar refractivity (Wildman–Crippen MR) is 94.7 cm³/mol. The topological polar surface area (TPSA) is 61.4 Å². The van der Waals surface area contributed by atoms with Gasteiger partial charge >= 0.3 is 6.03 Å². The largest absolute Gasteiger partial charge is 0.334 e. The monoisotopic (exact) mass is 343 g/mol. The summed E-state index contributed by atoms with van der Waals surface area (Å²) in [7, 11) is 0. The first-order chi connectivity index (χ1) is 11.7. The number of thiophene rings is 1. The molecule has 126 valence electrons. The quantitative estimate of drug-likeness (QED) is 0.877. The minimum atomic E-state index is -0.449. The number of nitrogens with zero attached hydrogens (tertiary/aromatic N) is 1. The lowest BCUT2D eigenvalue weighted by atomic mass is 10.1. The highest BCUT2D eigenvalue weighted by Crippen LogP contribution is 2.32. The lowest BCUT2D eigenvalue weighted by molar-refractivity contribution is -0.121. The smallest absolute Gasteiger partial charge is 0.321 e. The maximum absolute atomic E-state index is 12.1. The van der Waals surface area contributed by atoms with Crippen molar-refractivity contribution >= 4 is 23.3 Å². The van der Waals surface area contributed by atoms with Gasteiger partial charge in [-0.3, -0.25) is 15.0 Å². The molecule has 3 amide bonds. The Morgan fingerprint density at radius 3 is 2.79 bits per heavy atom. The fraction of sp³-hybridized carbons (Fsp3) is 0.333. The highest BCUT2D eigenvalue weighted by atomic mass is 32.1. The number of rotatable bonds is 5. The molecular formula is C18H21N3O2S. The molecule has 2 aromatic rings. The zero-order valence-electron chi connectivity index (χ0n) is 13.4. The molecule has 1 aromatic carbocycles. The lowest BCUT2D eigenvalue weighted by Crippen LogP contribution is -2.44. The third-order valence-electron chi connectivity index (χ3n) is 4.19. The van der Waals surface area contributed by atoms with Gasteiger partial charge < -0.3 is 5.32 Å². The van der Waals surface area contributed by atoms with Crippen LogP contribution < -0.4 is 10.6 Å². The van der Waals surface area contributed by atoms with Gasteiger partial charge in [0.15, 0.2) is 0 Å². The lowest BCUT2D eigenvalue weighted by Gasteiger charge is -2.23. The Balaban J connectivity index is 1.45. The van der Waals surface area contributed by atoms with E-state index < -0.39 is 6.03 Å². The summed E-state index contributed by atoms with van der Waals surface area (Å²) in [6.45, 7) is 1.54. The number of urea groups is 1. The molecule has 2 N–H and O–H groups in total. The number of benzene rings is 1. The van der Waals surface area contributed by atoms with Gasteiger partial charge in [0.1, 0.15) is 0 Å². The predicted octanol–water partition coefficient (Wildman–Crippen LogP) is 2.91. The molecule has 5 nitrogen and oxygen atoms in total. The molecule has 0 aliphatic carbocycles. The number of hydrogen-bond acceptors (Lipinski definition) is 4. The van der Waals surface area contributed by atoms with Gasteiger partial charge in [0.2, 0.25) is 5.91 Å². The summed E-state index contributed by atoms with van der Waals surface area (Å²) in [6, 6.07) is 11.6. The van der Waals surface area contributed by atoms with E-state index in [4.69, 9.17) is 0 Å². The molecule has 6 heteroatoms. The van der Waals surface area contributed by atoms with Crippen molar-refractivity contribution in [3.63, 3.8) is 0 Å². The summed E-state index contributed by atoms with van der Waals surface area (Å²) in [4.78, 5) is 26.1. The number of likely N-dealkylation sites (tertiary alicyclic amines) is 1. The van der Waals surface area contributed by atoms with Crippen molar-refractivity contribution in [2.75, 3.05) is 13.1 Å². The molecule has 1 atom stereocenters. The highest BCUT2D eigenvalue weighted by Gasteiger charge is 2.28. The number of carbonyl (C=O) groups excluding carboxylic acids is 2. The fourth-order valence-corrected chi connectivity index (χ4v) is 3.74. The summed E-state index contributed by atoms with van der Waals surface area (Å²) < 4.78 is 0. The summed E-state index contributed by atoms with van der Waals surface area (Å²) in [6.07, 6.45) is 2.14. The first kappa shape index (κ1) is 16.7. The van der Waals surface area contributed by atoms with Gasteiger partial charge in [0, 0.05) is 12.6 Å². The van der Waals surface area contributed by atoms with Crippen LogP contribution in [0.2, 0.25) is 0 Å². The zero-order chi connectivity index (χ0) is 16.8. The number of hydrogen-bond donors (Lipinski definition) is 2. The normalized spacial score (nSPS) is 17.6. The van der Waals surface area contributed by atoms with E-state index in [0.717, 1.165) is 24.9 Å². The Morgan fingerprint density at radius 2 is 2.04 bits per heavy atom. The van der Waals surface area contributed by atoms with E-state index in [2.05, 4.69) is 32.4 Å². The standard InChI is InChI=1S/C18H21N3O2S/c22-17(20-18(23)19-11-14-5-2-1-3-6-14)12-21-9-4-7-16(21)15-8-10-24-13-15/h1-3,5-6,8,10,13,16H,4,7,9,11-12H2,(H2,19,20,22,23)/t16-/m0/s1. The van der Waals surface area contributed by atoms with E-state index in [-0.39, 0.29) is 18.5 Å². The molecule has 1 aliphatic rings. The van der Waals surface area contributed by atoms with E-state index in [1.165, 1.54) is 5.56 Å². The molecule has 1 saturated heterocycles. The molecule has 2 heterocycles. The van der Waals surface area contributed by atoms with E-state index in [1.807, 2.05) is 30.3 Å². The van der Waals surface area contributed by atoms with E-state index in [9.17, 15) is 9.59 Å². The van der Waals surface area contributed by atoms with Crippen LogP contribution in [0.15, 0.2) is 47.2 Å². The van der Waals surface area contributed by atoms with E-state index in [0.29, 0.717) is 6.54 Å². The summed E-state index contributed by atoms with van der Waals surface area (Å²) >= 11 is 1.67. The molecule has 1 aliphatic heterocycles. The molecular weight excluding hydrogens is 322 g/mol. The van der Waals surface area contributed by atoms with Crippen LogP contribution in [-0.2, 0) is 11.3 Å². The SMILES string of the molecule is O=C(CN1CCC[C@H]1c1ccsc1)NC(=O)NCc1ccccc1. The molecule has 3 rings (SSSR count). The molecule has 0 unspecified atom stereocenters. The first-order valence-corrected chi connectivity index (χ1v) is 9.04. The summed E-state index contributed by atoms with van der Waals surface area (Å²) in [5.41, 5.74) is 2.26. The average Bonchev–Trinajstić information content (AvgIpc) is 3.25. The van der Waals surface area contributed by atoms with Crippen LogP contribution >= 0.6 is 11.3 Å². The van der Waals surface area contributed by atoms with Crippen LogP contribution in [-0.4, -0.2) is 29.9 Å². The first-order valence-electron chi connectivity index (χ1n) is 8.10. The second-order valence-electron chi connectivity index (χ2n) is 5.90. The minimum Gasteiger partial charge on any atom is -0.334 e. The Hall–Kier alpha value is -2.18. The molecule has 0 saturated carbocycles. The molecule has 1 aromatic heterocycles. The fourth-order valence-electron chi connectivity index (χ4n) is 3.03. The Labute approximate surface area is 145 Å². The van der Waals surface area contributed by atoms with Crippen molar-refractivity contribution in [2.45, 2.75) is 25.4 Å². The van der Waals surface area contributed by atoms with Crippen molar-refractivity contribution in [3.05, 3.63) is 58.3 Å². The Bertz CT molecular complexity index is 673. The highest BCUT2D eigenvalue weighted by molar-refractivity contribution is 7.07. The number of amides is 3. The Morgan fingerprint density at radius 1 is 1.21 bits per heavy atom. The van der Waals surface area contributed by atoms with Crippen molar-refractivity contribution in [1.29, 1.82) is 0 Å². The third-order valence-corrected chi connectivity index (χ3v) is 4.89. The molecule has 1 fully saturated rings. The Kier molecular flexibility index (Phi) is 5.61. The van der Waals surface area contributed by atoms with Gasteiger partial charge in [0.25, 0.3) is 0 Å². The maximum Gasteiger partial charge on any atom is 0.321 e. The second kappa shape index (κ2) is 8.08. The third kappa shape index (κ3) is 4.43. The van der Waals surface area contributed by atoms with Crippen LogP contribution in [0.25, 0.3) is 0 Å². The van der Waals surface area contributed by atoms with Gasteiger partial charge in [-0.15, -0.1) is 0 Å². The molecule has 0 spiro atoms. The van der Waals surface area contributed by atoms with Gasteiger partial charge in [-0.25, -0.2) is 4.79 Å². The van der Waals surface area contributed by atoms with Gasteiger partial charge in [-0.2, -0.15) is 11.3 Å². The number of imide groups is 1. The molecule has 0 bridgehead atoms. The van der Waals surface area contributed by atoms with Gasteiger partial charge in [0.05, 0.1) is 6.54 Å². The van der Waals surface area contributed by atoms with Crippen molar-refractivity contribution < 1.29 is 9.59 Å².